The van der Waals surface area contributed by atoms with E-state index in [0.29, 0.717) is 10.8 Å². The normalized spacial score (nSPS) is 42.2. The molecule has 0 aromatic carbocycles. The highest BCUT2D eigenvalue weighted by molar-refractivity contribution is 8.00. The van der Waals surface area contributed by atoms with Crippen LogP contribution in [-0.4, -0.2) is 41.1 Å². The molecule has 2 nitrogen and oxygen atoms in total. The van der Waals surface area contributed by atoms with Gasteiger partial charge < -0.3 is 5.73 Å². The molecule has 2 aliphatic heterocycles. The number of thioether (sulfide) groups is 1. The zero-order chi connectivity index (χ0) is 11.6. The van der Waals surface area contributed by atoms with Crippen LogP contribution in [0.3, 0.4) is 0 Å². The fraction of sp³-hybridized carbons (Fsp3) is 1.00. The summed E-state index contributed by atoms with van der Waals surface area (Å²) >= 11 is 2.11. The lowest BCUT2D eigenvalue weighted by molar-refractivity contribution is 0.100. The molecule has 2 rings (SSSR count). The van der Waals surface area contributed by atoms with Crippen molar-refractivity contribution in [2.45, 2.75) is 50.3 Å². The molecular weight excluding hydrogens is 216 g/mol. The molecule has 0 aromatic heterocycles. The van der Waals surface area contributed by atoms with Gasteiger partial charge in [0.1, 0.15) is 0 Å². The summed E-state index contributed by atoms with van der Waals surface area (Å²) in [7, 11) is 0. The van der Waals surface area contributed by atoms with E-state index in [1.165, 1.54) is 44.5 Å². The molecule has 2 fully saturated rings. The Morgan fingerprint density at radius 3 is 2.75 bits per heavy atom. The van der Waals surface area contributed by atoms with E-state index in [0.717, 1.165) is 12.5 Å². The monoisotopic (exact) mass is 242 g/mol. The maximum absolute atomic E-state index is 6.12. The quantitative estimate of drug-likeness (QED) is 0.806. The smallest absolute Gasteiger partial charge is 0.0455 e. The van der Waals surface area contributed by atoms with Crippen LogP contribution in [0.15, 0.2) is 0 Å². The standard InChI is InChI=1S/C13H26N2S/c1-11-4-3-7-15(8-5-11)13(10-14)6-9-16-12(13)2/h11-12H,3-10,14H2,1-2H3. The third kappa shape index (κ3) is 2.27. The van der Waals surface area contributed by atoms with Gasteiger partial charge in [-0.25, -0.2) is 0 Å². The van der Waals surface area contributed by atoms with Crippen LogP contribution in [-0.2, 0) is 0 Å². The fourth-order valence-electron chi connectivity index (χ4n) is 3.29. The number of nitrogens with two attached hydrogens (primary N) is 1. The van der Waals surface area contributed by atoms with Gasteiger partial charge in [-0.15, -0.1) is 0 Å². The first kappa shape index (κ1) is 12.7. The van der Waals surface area contributed by atoms with E-state index in [1.54, 1.807) is 0 Å². The van der Waals surface area contributed by atoms with Crippen molar-refractivity contribution in [1.82, 2.24) is 4.90 Å². The van der Waals surface area contributed by atoms with Gasteiger partial charge in [-0.3, -0.25) is 4.90 Å². The van der Waals surface area contributed by atoms with Gasteiger partial charge in [-0.05, 0) is 50.4 Å². The number of rotatable bonds is 2. The Hall–Kier alpha value is 0.270. The molecule has 0 aromatic rings. The van der Waals surface area contributed by atoms with Crippen LogP contribution in [0.4, 0.5) is 0 Å². The molecule has 2 N–H and O–H groups in total. The maximum Gasteiger partial charge on any atom is 0.0455 e. The van der Waals surface area contributed by atoms with Gasteiger partial charge in [-0.1, -0.05) is 13.8 Å². The third-order valence-corrected chi connectivity index (χ3v) is 6.04. The van der Waals surface area contributed by atoms with E-state index in [-0.39, 0.29) is 0 Å². The van der Waals surface area contributed by atoms with Crippen molar-refractivity contribution in [2.75, 3.05) is 25.4 Å². The van der Waals surface area contributed by atoms with E-state index in [4.69, 9.17) is 5.73 Å². The molecule has 3 atom stereocenters. The predicted molar refractivity (Wildman–Crippen MR) is 72.9 cm³/mol. The summed E-state index contributed by atoms with van der Waals surface area (Å²) in [5.74, 6) is 2.20. The summed E-state index contributed by atoms with van der Waals surface area (Å²) < 4.78 is 0. The van der Waals surface area contributed by atoms with Crippen molar-refractivity contribution in [1.29, 1.82) is 0 Å². The second-order valence-electron chi connectivity index (χ2n) is 5.59. The third-order valence-electron chi connectivity index (χ3n) is 4.66. The van der Waals surface area contributed by atoms with Crippen LogP contribution < -0.4 is 5.73 Å². The minimum absolute atomic E-state index is 0.314. The van der Waals surface area contributed by atoms with Crippen LogP contribution in [0.25, 0.3) is 0 Å². The molecule has 0 aliphatic carbocycles. The topological polar surface area (TPSA) is 29.3 Å². The van der Waals surface area contributed by atoms with Crippen LogP contribution in [0.1, 0.15) is 39.5 Å². The van der Waals surface area contributed by atoms with E-state index in [1.807, 2.05) is 0 Å². The van der Waals surface area contributed by atoms with Crippen molar-refractivity contribution < 1.29 is 0 Å². The molecule has 2 saturated heterocycles. The minimum atomic E-state index is 0.314. The summed E-state index contributed by atoms with van der Waals surface area (Å²) in [6.07, 6.45) is 5.42. The molecule has 0 amide bonds. The van der Waals surface area contributed by atoms with Gasteiger partial charge >= 0.3 is 0 Å². The Morgan fingerprint density at radius 2 is 2.12 bits per heavy atom. The van der Waals surface area contributed by atoms with E-state index in [2.05, 4.69) is 30.5 Å². The zero-order valence-electron chi connectivity index (χ0n) is 10.7. The van der Waals surface area contributed by atoms with Crippen molar-refractivity contribution >= 4 is 11.8 Å². The number of likely N-dealkylation sites (tertiary alicyclic amines) is 1. The van der Waals surface area contributed by atoms with E-state index >= 15 is 0 Å². The van der Waals surface area contributed by atoms with Crippen molar-refractivity contribution in [2.24, 2.45) is 11.7 Å². The molecule has 16 heavy (non-hydrogen) atoms. The van der Waals surface area contributed by atoms with Crippen LogP contribution in [0.5, 0.6) is 0 Å². The second kappa shape index (κ2) is 5.28. The van der Waals surface area contributed by atoms with Crippen molar-refractivity contribution in [3.63, 3.8) is 0 Å². The number of hydrogen-bond donors (Lipinski definition) is 1. The number of hydrogen-bond acceptors (Lipinski definition) is 3. The van der Waals surface area contributed by atoms with Crippen LogP contribution >= 0.6 is 11.8 Å². The van der Waals surface area contributed by atoms with Crippen molar-refractivity contribution in [3.8, 4) is 0 Å². The molecule has 3 heteroatoms. The molecule has 0 radical (unpaired) electrons. The highest BCUT2D eigenvalue weighted by atomic mass is 32.2. The van der Waals surface area contributed by atoms with Gasteiger partial charge in [-0.2, -0.15) is 11.8 Å². The molecule has 94 valence electrons. The Bertz CT molecular complexity index is 234. The fourth-order valence-corrected chi connectivity index (χ4v) is 4.79. The Labute approximate surface area is 104 Å². The lowest BCUT2D eigenvalue weighted by Gasteiger charge is -2.43. The van der Waals surface area contributed by atoms with Gasteiger partial charge in [0.05, 0.1) is 0 Å². The lowest BCUT2D eigenvalue weighted by Crippen LogP contribution is -2.57. The maximum atomic E-state index is 6.12. The summed E-state index contributed by atoms with van der Waals surface area (Å²) in [4.78, 5) is 2.72. The molecule has 2 aliphatic rings. The Kier molecular flexibility index (Phi) is 4.20. The molecule has 0 spiro atoms. The first-order valence-corrected chi connectivity index (χ1v) is 7.80. The first-order valence-electron chi connectivity index (χ1n) is 6.76. The van der Waals surface area contributed by atoms with Gasteiger partial charge in [0.2, 0.25) is 0 Å². The molecular formula is C13H26N2S. The number of nitrogens with zero attached hydrogens (tertiary/aromatic N) is 1. The van der Waals surface area contributed by atoms with Gasteiger partial charge in [0.15, 0.2) is 0 Å². The minimum Gasteiger partial charge on any atom is -0.329 e. The zero-order valence-corrected chi connectivity index (χ0v) is 11.6. The average molecular weight is 242 g/mol. The highest BCUT2D eigenvalue weighted by Crippen LogP contribution is 2.40. The van der Waals surface area contributed by atoms with Crippen molar-refractivity contribution in [3.05, 3.63) is 0 Å². The highest BCUT2D eigenvalue weighted by Gasteiger charge is 2.44. The van der Waals surface area contributed by atoms with Crippen LogP contribution in [0.2, 0.25) is 0 Å². The Morgan fingerprint density at radius 1 is 1.31 bits per heavy atom. The second-order valence-corrected chi connectivity index (χ2v) is 7.04. The SMILES string of the molecule is CC1CCCN(C2(CN)CCSC2C)CC1. The lowest BCUT2D eigenvalue weighted by atomic mass is 9.90. The van der Waals surface area contributed by atoms with Crippen LogP contribution in [0, 0.1) is 5.92 Å². The Balaban J connectivity index is 2.08. The summed E-state index contributed by atoms with van der Waals surface area (Å²) in [5.41, 5.74) is 6.43. The summed E-state index contributed by atoms with van der Waals surface area (Å²) in [5, 5.41) is 0.714. The molecule has 3 unspecified atom stereocenters. The predicted octanol–water partition coefficient (Wildman–Crippen LogP) is 2.33. The van der Waals surface area contributed by atoms with E-state index < -0.39 is 0 Å². The largest absolute Gasteiger partial charge is 0.329 e. The molecule has 2 heterocycles. The average Bonchev–Trinajstić information content (AvgIpc) is 2.51. The summed E-state index contributed by atoms with van der Waals surface area (Å²) in [6, 6.07) is 0. The summed E-state index contributed by atoms with van der Waals surface area (Å²) in [6.45, 7) is 8.15. The van der Waals surface area contributed by atoms with Gasteiger partial charge in [0.25, 0.3) is 0 Å². The molecule has 0 saturated carbocycles. The van der Waals surface area contributed by atoms with E-state index in [9.17, 15) is 0 Å². The van der Waals surface area contributed by atoms with Gasteiger partial charge in [0, 0.05) is 17.3 Å². The molecule has 0 bridgehead atoms. The first-order chi connectivity index (χ1) is 7.69.